The molecule has 17 heavy (non-hydrogen) atoms. The van der Waals surface area contributed by atoms with Gasteiger partial charge in [0.05, 0.1) is 6.54 Å². The molecule has 1 rings (SSSR count). The molecule has 98 valence electrons. The molecule has 2 N–H and O–H groups in total. The Balaban J connectivity index is 3.17. The first kappa shape index (κ1) is 14.2. The van der Waals surface area contributed by atoms with E-state index in [1.807, 2.05) is 13.8 Å². The molecule has 6 heteroatoms. The highest BCUT2D eigenvalue weighted by Gasteiger charge is 2.28. The van der Waals surface area contributed by atoms with Crippen molar-refractivity contribution < 1.29 is 12.8 Å². The van der Waals surface area contributed by atoms with Gasteiger partial charge in [0.2, 0.25) is 10.0 Å². The lowest BCUT2D eigenvalue weighted by atomic mass is 10.3. The quantitative estimate of drug-likeness (QED) is 0.869. The predicted octanol–water partition coefficient (Wildman–Crippen LogP) is 1.47. The number of hydrogen-bond acceptors (Lipinski definition) is 4. The van der Waals surface area contributed by atoms with Gasteiger partial charge in [-0.25, -0.2) is 8.42 Å². The minimum absolute atomic E-state index is 0.0457. The van der Waals surface area contributed by atoms with E-state index in [0.29, 0.717) is 11.5 Å². The Kier molecular flexibility index (Phi) is 4.35. The Labute approximate surface area is 103 Å². The summed E-state index contributed by atoms with van der Waals surface area (Å²) in [6.45, 7) is 5.65. The van der Waals surface area contributed by atoms with Crippen LogP contribution in [0.25, 0.3) is 0 Å². The number of aryl methyl sites for hydroxylation is 1. The second-order valence-electron chi connectivity index (χ2n) is 4.12. The maximum atomic E-state index is 12.3. The summed E-state index contributed by atoms with van der Waals surface area (Å²) in [6.07, 6.45) is 0.760. The lowest BCUT2D eigenvalue weighted by Gasteiger charge is -2.22. The first-order chi connectivity index (χ1) is 7.84. The number of sulfonamides is 1. The largest absolute Gasteiger partial charge is 0.464 e. The molecule has 1 unspecified atom stereocenters. The van der Waals surface area contributed by atoms with Gasteiger partial charge in [0.15, 0.2) is 0 Å². The van der Waals surface area contributed by atoms with Gasteiger partial charge >= 0.3 is 0 Å². The summed E-state index contributed by atoms with van der Waals surface area (Å²) in [5, 5.41) is 0. The summed E-state index contributed by atoms with van der Waals surface area (Å²) in [6, 6.07) is 1.46. The molecule has 0 saturated carbocycles. The average molecular weight is 260 g/mol. The molecule has 1 atom stereocenters. The molecular weight excluding hydrogens is 240 g/mol. The third-order valence-electron chi connectivity index (χ3n) is 2.99. The minimum Gasteiger partial charge on any atom is -0.464 e. The zero-order chi connectivity index (χ0) is 13.2. The van der Waals surface area contributed by atoms with Crippen molar-refractivity contribution in [2.24, 2.45) is 5.73 Å². The van der Waals surface area contributed by atoms with Crippen LogP contribution in [-0.2, 0) is 16.6 Å². The Bertz CT molecular complexity index is 479. The molecule has 0 aliphatic heterocycles. The van der Waals surface area contributed by atoms with E-state index in [2.05, 4.69) is 0 Å². The molecule has 1 aromatic heterocycles. The van der Waals surface area contributed by atoms with Gasteiger partial charge in [0.1, 0.15) is 16.4 Å². The van der Waals surface area contributed by atoms with Crippen molar-refractivity contribution in [3.05, 3.63) is 17.6 Å². The summed E-state index contributed by atoms with van der Waals surface area (Å²) < 4.78 is 31.3. The average Bonchev–Trinajstić information content (AvgIpc) is 2.69. The maximum absolute atomic E-state index is 12.3. The van der Waals surface area contributed by atoms with Gasteiger partial charge in [0.25, 0.3) is 0 Å². The lowest BCUT2D eigenvalue weighted by Crippen LogP contribution is -2.34. The molecule has 0 amide bonds. The molecule has 0 aromatic carbocycles. The smallest absolute Gasteiger partial charge is 0.246 e. The molecule has 0 fully saturated rings. The Hall–Kier alpha value is -0.850. The third-order valence-corrected chi connectivity index (χ3v) is 5.07. The molecule has 0 saturated heterocycles. The molecule has 0 bridgehead atoms. The zero-order valence-electron chi connectivity index (χ0n) is 10.7. The predicted molar refractivity (Wildman–Crippen MR) is 66.0 cm³/mol. The van der Waals surface area contributed by atoms with E-state index in [-0.39, 0.29) is 17.5 Å². The summed E-state index contributed by atoms with van der Waals surface area (Å²) in [7, 11) is -1.90. The number of nitrogens with two attached hydrogens (primary N) is 1. The second kappa shape index (κ2) is 5.20. The van der Waals surface area contributed by atoms with Crippen molar-refractivity contribution in [1.29, 1.82) is 0 Å². The highest BCUT2D eigenvalue weighted by atomic mass is 32.2. The molecule has 1 aromatic rings. The summed E-state index contributed by atoms with van der Waals surface area (Å²) in [5.41, 5.74) is 5.44. The van der Waals surface area contributed by atoms with Gasteiger partial charge in [0, 0.05) is 19.2 Å². The first-order valence-electron chi connectivity index (χ1n) is 5.62. The SMILES string of the molecule is CCC(C)N(C)S(=O)(=O)c1cc(CN)oc1C. The number of nitrogens with zero attached hydrogens (tertiary/aromatic N) is 1. The second-order valence-corrected chi connectivity index (χ2v) is 6.08. The van der Waals surface area contributed by atoms with Gasteiger partial charge in [-0.3, -0.25) is 0 Å². The van der Waals surface area contributed by atoms with E-state index in [1.54, 1.807) is 14.0 Å². The minimum atomic E-state index is -3.49. The van der Waals surface area contributed by atoms with Crippen molar-refractivity contribution in [2.45, 2.75) is 44.7 Å². The fourth-order valence-corrected chi connectivity index (χ4v) is 3.15. The number of rotatable bonds is 5. The highest BCUT2D eigenvalue weighted by Crippen LogP contribution is 2.24. The van der Waals surface area contributed by atoms with Gasteiger partial charge in [-0.2, -0.15) is 4.31 Å². The Morgan fingerprint density at radius 3 is 2.53 bits per heavy atom. The normalized spacial score (nSPS) is 14.2. The van der Waals surface area contributed by atoms with Crippen LogP contribution < -0.4 is 5.73 Å². The fraction of sp³-hybridized carbons (Fsp3) is 0.636. The summed E-state index contributed by atoms with van der Waals surface area (Å²) >= 11 is 0. The van der Waals surface area contributed by atoms with Crippen LogP contribution in [0.5, 0.6) is 0 Å². The third kappa shape index (κ3) is 2.70. The molecule has 1 heterocycles. The van der Waals surface area contributed by atoms with E-state index < -0.39 is 10.0 Å². The van der Waals surface area contributed by atoms with Gasteiger partial charge in [-0.05, 0) is 20.3 Å². The highest BCUT2D eigenvalue weighted by molar-refractivity contribution is 7.89. The van der Waals surface area contributed by atoms with Gasteiger partial charge in [-0.1, -0.05) is 6.92 Å². The van der Waals surface area contributed by atoms with E-state index in [9.17, 15) is 8.42 Å². The molecular formula is C11H20N2O3S. The van der Waals surface area contributed by atoms with Crippen LogP contribution in [-0.4, -0.2) is 25.8 Å². The van der Waals surface area contributed by atoms with E-state index in [4.69, 9.17) is 10.2 Å². The van der Waals surface area contributed by atoms with Crippen LogP contribution in [0.2, 0.25) is 0 Å². The molecule has 5 nitrogen and oxygen atoms in total. The molecule has 0 aliphatic rings. The Morgan fingerprint density at radius 2 is 2.12 bits per heavy atom. The molecule has 0 spiro atoms. The maximum Gasteiger partial charge on any atom is 0.246 e. The first-order valence-corrected chi connectivity index (χ1v) is 7.06. The van der Waals surface area contributed by atoms with Crippen LogP contribution in [0.4, 0.5) is 0 Å². The van der Waals surface area contributed by atoms with Crippen LogP contribution in [0.15, 0.2) is 15.4 Å². The van der Waals surface area contributed by atoms with Crippen LogP contribution in [0.1, 0.15) is 31.8 Å². The molecule has 0 aliphatic carbocycles. The fourth-order valence-electron chi connectivity index (χ4n) is 1.53. The van der Waals surface area contributed by atoms with Crippen molar-refractivity contribution in [3.8, 4) is 0 Å². The van der Waals surface area contributed by atoms with E-state index >= 15 is 0 Å². The van der Waals surface area contributed by atoms with E-state index in [1.165, 1.54) is 10.4 Å². The van der Waals surface area contributed by atoms with Crippen molar-refractivity contribution in [1.82, 2.24) is 4.31 Å². The van der Waals surface area contributed by atoms with Crippen molar-refractivity contribution in [2.75, 3.05) is 7.05 Å². The topological polar surface area (TPSA) is 76.5 Å². The van der Waals surface area contributed by atoms with Crippen LogP contribution >= 0.6 is 0 Å². The summed E-state index contributed by atoms with van der Waals surface area (Å²) in [4.78, 5) is 0.209. The number of hydrogen-bond donors (Lipinski definition) is 1. The molecule has 0 radical (unpaired) electrons. The van der Waals surface area contributed by atoms with Crippen molar-refractivity contribution in [3.63, 3.8) is 0 Å². The monoisotopic (exact) mass is 260 g/mol. The van der Waals surface area contributed by atoms with Gasteiger partial charge in [-0.15, -0.1) is 0 Å². The van der Waals surface area contributed by atoms with Crippen molar-refractivity contribution >= 4 is 10.0 Å². The lowest BCUT2D eigenvalue weighted by molar-refractivity contribution is 0.379. The standard InChI is InChI=1S/C11H20N2O3S/c1-5-8(2)13(4)17(14,15)11-6-10(7-12)16-9(11)3/h6,8H,5,7,12H2,1-4H3. The zero-order valence-corrected chi connectivity index (χ0v) is 11.5. The van der Waals surface area contributed by atoms with E-state index in [0.717, 1.165) is 6.42 Å². The van der Waals surface area contributed by atoms with Crippen LogP contribution in [0, 0.1) is 6.92 Å². The number of furan rings is 1. The van der Waals surface area contributed by atoms with Crippen LogP contribution in [0.3, 0.4) is 0 Å². The Morgan fingerprint density at radius 1 is 1.53 bits per heavy atom. The van der Waals surface area contributed by atoms with Gasteiger partial charge < -0.3 is 10.2 Å². The summed E-state index contributed by atoms with van der Waals surface area (Å²) in [5.74, 6) is 0.874.